The molecule has 4 amide bonds. The van der Waals surface area contributed by atoms with Crippen molar-refractivity contribution < 1.29 is 42.5 Å². The molecule has 0 saturated carbocycles. The minimum atomic E-state index is -2.69. The number of anilines is 2. The minimum absolute atomic E-state index is 0.00797. The van der Waals surface area contributed by atoms with Crippen molar-refractivity contribution in [2.45, 2.75) is 161 Å². The van der Waals surface area contributed by atoms with Gasteiger partial charge in [0.2, 0.25) is 29.6 Å². The SMILES string of the molecule is COc1cc2c(NC3CCN(CCCC(=O)NCCCCCCC(=O)N[C@H](C(=O)N4C[C@H](O)C[C@H]4C(=O)NCc4ccc(-c5scnc5C)cc4)C(C)(C)C)CC3)nc(N3CCC(F)(F)CC3)nc2cc1OCCCN1CCCC1. The van der Waals surface area contributed by atoms with Crippen LogP contribution in [0.3, 0.4) is 0 Å². The third-order valence-electron chi connectivity index (χ3n) is 16.0. The van der Waals surface area contributed by atoms with Gasteiger partial charge in [0.25, 0.3) is 5.92 Å². The summed E-state index contributed by atoms with van der Waals surface area (Å²) in [6.45, 7) is 15.1. The summed E-state index contributed by atoms with van der Waals surface area (Å²) in [5, 5.41) is 24.0. The molecule has 4 aromatic rings. The molecule has 5 N–H and O–H groups in total. The number of methoxy groups -OCH3 is 1. The van der Waals surface area contributed by atoms with Gasteiger partial charge in [-0.3, -0.25) is 19.2 Å². The smallest absolute Gasteiger partial charge is 0.251 e. The summed E-state index contributed by atoms with van der Waals surface area (Å²) >= 11 is 1.58. The molecular weight excluding hydrogens is 1040 g/mol. The van der Waals surface area contributed by atoms with E-state index in [0.717, 1.165) is 111 Å². The molecule has 18 nitrogen and oxygen atoms in total. The number of amides is 4. The summed E-state index contributed by atoms with van der Waals surface area (Å²) in [7, 11) is 1.62. The van der Waals surface area contributed by atoms with Crippen molar-refractivity contribution in [1.82, 2.24) is 45.6 Å². The van der Waals surface area contributed by atoms with E-state index in [1.165, 1.54) is 17.7 Å². The van der Waals surface area contributed by atoms with Crippen molar-refractivity contribution in [3.8, 4) is 21.9 Å². The Labute approximate surface area is 474 Å². The third kappa shape index (κ3) is 16.9. The first kappa shape index (κ1) is 60.3. The number of thiazole rings is 1. The first-order valence-corrected chi connectivity index (χ1v) is 30.0. The van der Waals surface area contributed by atoms with Crippen molar-refractivity contribution in [3.05, 3.63) is 53.2 Å². The summed E-state index contributed by atoms with van der Waals surface area (Å²) in [6.07, 6.45) is 8.33. The van der Waals surface area contributed by atoms with Gasteiger partial charge in [-0.05, 0) is 101 Å². The molecule has 4 aliphatic heterocycles. The number of aromatic nitrogens is 3. The van der Waals surface area contributed by atoms with Crippen molar-refractivity contribution in [2.24, 2.45) is 5.41 Å². The lowest BCUT2D eigenvalue weighted by atomic mass is 9.85. The molecule has 2 aromatic carbocycles. The van der Waals surface area contributed by atoms with Crippen molar-refractivity contribution in [3.63, 3.8) is 0 Å². The summed E-state index contributed by atoms with van der Waals surface area (Å²) < 4.78 is 40.4. The molecule has 0 aliphatic carbocycles. The molecule has 8 rings (SSSR count). The number of hydrogen-bond acceptors (Lipinski definition) is 15. The first-order chi connectivity index (χ1) is 38.4. The van der Waals surface area contributed by atoms with Crippen LogP contribution in [0.4, 0.5) is 20.5 Å². The fourth-order valence-corrected chi connectivity index (χ4v) is 12.0. The number of rotatable bonds is 26. The number of halogens is 2. The van der Waals surface area contributed by atoms with Crippen LogP contribution in [-0.4, -0.2) is 168 Å². The van der Waals surface area contributed by atoms with Crippen LogP contribution in [0.15, 0.2) is 41.9 Å². The van der Waals surface area contributed by atoms with E-state index >= 15 is 0 Å². The normalized spacial score (nSPS) is 19.5. The Morgan fingerprint density at radius 2 is 1.55 bits per heavy atom. The Hall–Kier alpha value is -5.77. The van der Waals surface area contributed by atoms with Gasteiger partial charge in [-0.2, -0.15) is 4.98 Å². The van der Waals surface area contributed by atoms with Gasteiger partial charge in [-0.15, -0.1) is 11.3 Å². The maximum absolute atomic E-state index is 14.2. The number of hydrogen-bond donors (Lipinski definition) is 5. The molecule has 4 aliphatic rings. The molecule has 4 saturated heterocycles. The number of fused-ring (bicyclic) bond motifs is 1. The van der Waals surface area contributed by atoms with Gasteiger partial charge in [0.05, 0.1) is 41.4 Å². The van der Waals surface area contributed by atoms with Gasteiger partial charge >= 0.3 is 0 Å². The zero-order valence-corrected chi connectivity index (χ0v) is 48.5. The molecule has 6 heterocycles. The highest BCUT2D eigenvalue weighted by atomic mass is 32.1. The second-order valence-corrected chi connectivity index (χ2v) is 24.2. The number of aliphatic hydroxyl groups is 1. The summed E-state index contributed by atoms with van der Waals surface area (Å²) in [5.74, 6) is -1.40. The number of nitrogens with one attached hydrogen (secondary N) is 4. The van der Waals surface area contributed by atoms with Gasteiger partial charge in [-0.1, -0.05) is 57.9 Å². The number of ether oxygens (including phenoxy) is 2. The molecule has 438 valence electrons. The van der Waals surface area contributed by atoms with E-state index in [0.29, 0.717) is 54.8 Å². The molecule has 80 heavy (non-hydrogen) atoms. The number of benzene rings is 2. The van der Waals surface area contributed by atoms with Crippen molar-refractivity contribution >= 4 is 57.6 Å². The molecule has 21 heteroatoms. The number of unbranched alkanes of at least 4 members (excludes halogenated alkanes) is 3. The van der Waals surface area contributed by atoms with Gasteiger partial charge in [0.15, 0.2) is 11.5 Å². The van der Waals surface area contributed by atoms with Gasteiger partial charge < -0.3 is 55.4 Å². The van der Waals surface area contributed by atoms with Crippen molar-refractivity contribution in [2.75, 3.05) is 89.4 Å². The summed E-state index contributed by atoms with van der Waals surface area (Å²) in [5.41, 5.74) is 4.75. The van der Waals surface area contributed by atoms with Crippen LogP contribution in [-0.2, 0) is 25.7 Å². The Balaban J connectivity index is 0.715. The van der Waals surface area contributed by atoms with E-state index in [4.69, 9.17) is 19.4 Å². The molecule has 4 fully saturated rings. The quantitative estimate of drug-likeness (QED) is 0.0382. The lowest BCUT2D eigenvalue weighted by Gasteiger charge is -2.35. The number of aliphatic hydroxyl groups excluding tert-OH is 1. The third-order valence-corrected chi connectivity index (χ3v) is 17.0. The van der Waals surface area contributed by atoms with Crippen LogP contribution < -0.4 is 35.6 Å². The number of nitrogens with zero attached hydrogens (tertiary/aromatic N) is 7. The van der Waals surface area contributed by atoms with E-state index in [-0.39, 0.29) is 75.6 Å². The number of alkyl halides is 2. The highest BCUT2D eigenvalue weighted by Gasteiger charge is 2.44. The Morgan fingerprint density at radius 1 is 0.850 bits per heavy atom. The number of likely N-dealkylation sites (tertiary alicyclic amines) is 3. The average Bonchev–Trinajstić information content (AvgIpc) is 4.22. The zero-order valence-electron chi connectivity index (χ0n) is 47.6. The van der Waals surface area contributed by atoms with E-state index in [9.17, 15) is 33.1 Å². The highest BCUT2D eigenvalue weighted by Crippen LogP contribution is 2.38. The van der Waals surface area contributed by atoms with Crippen LogP contribution in [0.2, 0.25) is 0 Å². The highest BCUT2D eigenvalue weighted by molar-refractivity contribution is 7.13. The number of β-amino-alcohol motifs (C(OH)–C–C–N with tert-alkyl or cyclic N) is 1. The Morgan fingerprint density at radius 3 is 2.25 bits per heavy atom. The maximum atomic E-state index is 14.2. The van der Waals surface area contributed by atoms with Crippen LogP contribution in [0.5, 0.6) is 11.5 Å². The number of carbonyl (C=O) groups is 4. The monoisotopic (exact) mass is 1130 g/mol. The van der Waals surface area contributed by atoms with Crippen LogP contribution >= 0.6 is 11.3 Å². The number of aryl methyl sites for hydroxylation is 1. The minimum Gasteiger partial charge on any atom is -0.493 e. The van der Waals surface area contributed by atoms with E-state index < -0.39 is 35.4 Å². The molecule has 0 radical (unpaired) electrons. The Kier molecular flexibility index (Phi) is 21.3. The topological polar surface area (TPSA) is 207 Å². The zero-order chi connectivity index (χ0) is 56.8. The van der Waals surface area contributed by atoms with Gasteiger partial charge in [-0.25, -0.2) is 18.7 Å². The summed E-state index contributed by atoms with van der Waals surface area (Å²) in [6, 6.07) is 10.1. The van der Waals surface area contributed by atoms with Crippen LogP contribution in [0.1, 0.15) is 128 Å². The lowest BCUT2D eigenvalue weighted by Crippen LogP contribution is -2.57. The molecule has 0 bridgehead atoms. The fraction of sp³-hybridized carbons (Fsp3) is 0.644. The molecule has 3 atom stereocenters. The second-order valence-electron chi connectivity index (χ2n) is 23.3. The fourth-order valence-electron chi connectivity index (χ4n) is 11.2. The van der Waals surface area contributed by atoms with Crippen molar-refractivity contribution in [1.29, 1.82) is 0 Å². The predicted molar refractivity (Wildman–Crippen MR) is 308 cm³/mol. The largest absolute Gasteiger partial charge is 0.493 e. The van der Waals surface area contributed by atoms with E-state index in [1.807, 2.05) is 74.5 Å². The summed E-state index contributed by atoms with van der Waals surface area (Å²) in [4.78, 5) is 77.0. The molecule has 2 aromatic heterocycles. The predicted octanol–water partition coefficient (Wildman–Crippen LogP) is 7.70. The van der Waals surface area contributed by atoms with Gasteiger partial charge in [0.1, 0.15) is 17.9 Å². The van der Waals surface area contributed by atoms with E-state index in [2.05, 4.69) is 36.1 Å². The van der Waals surface area contributed by atoms with E-state index in [1.54, 1.807) is 18.4 Å². The second kappa shape index (κ2) is 28.3. The van der Waals surface area contributed by atoms with Crippen LogP contribution in [0, 0.1) is 12.3 Å². The maximum Gasteiger partial charge on any atom is 0.251 e. The first-order valence-electron chi connectivity index (χ1n) is 29.1. The molecule has 0 unspecified atom stereocenters. The number of piperidine rings is 2. The lowest BCUT2D eigenvalue weighted by molar-refractivity contribution is -0.144. The standard InChI is InChI=1S/C59H85F2N11O7S/c1-40-52(80-39-64-40)42-18-16-41(17-19-42)37-63-55(76)47-34-44(73)38-72(47)56(77)53(58(2,3)4)67-51(75)14-8-6-7-9-24-62-50(74)15-12-27-70-29-20-43(21-30-70)65-54-45-35-48(78-5)49(79-33-13-28-69-25-10-11-26-69)36-46(45)66-57(68-54)71-31-22-59(60,61)23-32-71/h16-19,35-36,39,43-44,47,53,73H,6-15,20-34,37-38H2,1-5H3,(H,62,74)(H,63,76)(H,67,75)(H,65,66,68)/t44-,47+,53-/m1/s1. The van der Waals surface area contributed by atoms with Gasteiger partial charge in [0, 0.05) is 102 Å². The Bertz CT molecular complexity index is 2680. The molecule has 0 spiro atoms. The number of carbonyl (C=O) groups excluding carboxylic acids is 4. The average molecular weight is 1130 g/mol. The molecular formula is C59H85F2N11O7S. The van der Waals surface area contributed by atoms with Crippen LogP contribution in [0.25, 0.3) is 21.3 Å².